The van der Waals surface area contributed by atoms with Gasteiger partial charge < -0.3 is 15.6 Å². The molecule has 7 heteroatoms. The molecule has 0 fully saturated rings. The van der Waals surface area contributed by atoms with Crippen molar-refractivity contribution < 1.29 is 4.79 Å². The minimum atomic E-state index is -0.258. The molecule has 122 valence electrons. The van der Waals surface area contributed by atoms with E-state index in [1.807, 2.05) is 48.0 Å². The molecule has 0 bridgehead atoms. The number of aromatic nitrogens is 2. The van der Waals surface area contributed by atoms with Crippen LogP contribution in [0.15, 0.2) is 42.7 Å². The molecule has 1 aromatic carbocycles. The molecule has 5 nitrogen and oxygen atoms in total. The maximum atomic E-state index is 11.8. The highest BCUT2D eigenvalue weighted by Crippen LogP contribution is 2.12. The van der Waals surface area contributed by atoms with Crippen molar-refractivity contribution >= 4 is 30.7 Å². The third kappa shape index (κ3) is 6.05. The van der Waals surface area contributed by atoms with Gasteiger partial charge in [0.15, 0.2) is 0 Å². The lowest BCUT2D eigenvalue weighted by molar-refractivity contribution is -0.121. The smallest absolute Gasteiger partial charge is 0.221 e. The zero-order valence-electron chi connectivity index (χ0n) is 12.4. The Morgan fingerprint density at radius 3 is 2.59 bits per heavy atom. The van der Waals surface area contributed by atoms with Crippen molar-refractivity contribution in [3.8, 4) is 0 Å². The van der Waals surface area contributed by atoms with Crippen LogP contribution in [0.3, 0.4) is 0 Å². The Kier molecular flexibility index (Phi) is 9.49. The topological polar surface area (TPSA) is 72.9 Å². The number of carbonyl (C=O) groups excluding carboxylic acids is 1. The number of hydrogen-bond acceptors (Lipinski definition) is 3. The minimum Gasteiger partial charge on any atom is -0.354 e. The fourth-order valence-corrected chi connectivity index (χ4v) is 2.05. The monoisotopic (exact) mass is 344 g/mol. The SMILES string of the molecule is Cc1nccn1CCNC(=O)CC(N)c1ccccc1.Cl.Cl. The van der Waals surface area contributed by atoms with Crippen LogP contribution in [0.25, 0.3) is 0 Å². The van der Waals surface area contributed by atoms with E-state index in [2.05, 4.69) is 10.3 Å². The van der Waals surface area contributed by atoms with E-state index in [0.29, 0.717) is 13.0 Å². The highest BCUT2D eigenvalue weighted by atomic mass is 35.5. The van der Waals surface area contributed by atoms with Crippen LogP contribution in [0.1, 0.15) is 23.9 Å². The van der Waals surface area contributed by atoms with E-state index in [-0.39, 0.29) is 36.8 Å². The molecule has 2 aromatic rings. The maximum Gasteiger partial charge on any atom is 0.221 e. The Morgan fingerprint density at radius 1 is 1.32 bits per heavy atom. The molecular weight excluding hydrogens is 323 g/mol. The van der Waals surface area contributed by atoms with E-state index < -0.39 is 0 Å². The van der Waals surface area contributed by atoms with Gasteiger partial charge in [-0.05, 0) is 12.5 Å². The van der Waals surface area contributed by atoms with E-state index in [9.17, 15) is 4.79 Å². The van der Waals surface area contributed by atoms with Gasteiger partial charge in [-0.25, -0.2) is 4.98 Å². The van der Waals surface area contributed by atoms with Crippen molar-refractivity contribution in [1.82, 2.24) is 14.9 Å². The van der Waals surface area contributed by atoms with Gasteiger partial charge in [-0.2, -0.15) is 0 Å². The van der Waals surface area contributed by atoms with Gasteiger partial charge in [0, 0.05) is 37.9 Å². The van der Waals surface area contributed by atoms with Crippen LogP contribution in [0.2, 0.25) is 0 Å². The molecule has 1 amide bonds. The number of imidazole rings is 1. The van der Waals surface area contributed by atoms with Crippen LogP contribution < -0.4 is 11.1 Å². The second-order valence-electron chi connectivity index (χ2n) is 4.74. The second kappa shape index (κ2) is 10.2. The Morgan fingerprint density at radius 2 is 2.00 bits per heavy atom. The largest absolute Gasteiger partial charge is 0.354 e. The normalized spacial score (nSPS) is 11.0. The molecule has 0 radical (unpaired) electrons. The van der Waals surface area contributed by atoms with Gasteiger partial charge in [-0.15, -0.1) is 24.8 Å². The standard InChI is InChI=1S/C15H20N4O.2ClH/c1-12-17-7-9-19(12)10-8-18-15(20)11-14(16)13-5-3-2-4-6-13;;/h2-7,9,14H,8,10-11,16H2,1H3,(H,18,20);2*1H. The zero-order valence-corrected chi connectivity index (χ0v) is 14.1. The molecule has 2 rings (SSSR count). The number of nitrogens with one attached hydrogen (secondary N) is 1. The van der Waals surface area contributed by atoms with Crippen molar-refractivity contribution in [1.29, 1.82) is 0 Å². The lowest BCUT2D eigenvalue weighted by Gasteiger charge is -2.12. The molecule has 1 atom stereocenters. The second-order valence-corrected chi connectivity index (χ2v) is 4.74. The molecule has 3 N–H and O–H groups in total. The summed E-state index contributed by atoms with van der Waals surface area (Å²) in [5.74, 6) is 0.916. The number of benzene rings is 1. The first-order chi connectivity index (χ1) is 9.66. The predicted octanol–water partition coefficient (Wildman–Crippen LogP) is 2.24. The molecule has 0 saturated carbocycles. The highest BCUT2D eigenvalue weighted by Gasteiger charge is 2.10. The van der Waals surface area contributed by atoms with Gasteiger partial charge in [-0.3, -0.25) is 4.79 Å². The van der Waals surface area contributed by atoms with Crippen LogP contribution in [-0.2, 0) is 11.3 Å². The fourth-order valence-electron chi connectivity index (χ4n) is 2.05. The van der Waals surface area contributed by atoms with Gasteiger partial charge in [0.25, 0.3) is 0 Å². The van der Waals surface area contributed by atoms with E-state index in [1.165, 1.54) is 0 Å². The summed E-state index contributed by atoms with van der Waals surface area (Å²) in [6.07, 6.45) is 3.95. The van der Waals surface area contributed by atoms with Crippen LogP contribution in [-0.4, -0.2) is 22.0 Å². The first kappa shape index (κ1) is 20.4. The van der Waals surface area contributed by atoms with Gasteiger partial charge in [0.1, 0.15) is 5.82 Å². The van der Waals surface area contributed by atoms with Crippen molar-refractivity contribution in [2.24, 2.45) is 5.73 Å². The average Bonchev–Trinajstić information content (AvgIpc) is 2.85. The molecule has 0 aliphatic carbocycles. The Bertz CT molecular complexity index is 560. The third-order valence-corrected chi connectivity index (χ3v) is 3.23. The van der Waals surface area contributed by atoms with Gasteiger partial charge in [-0.1, -0.05) is 30.3 Å². The average molecular weight is 345 g/mol. The predicted molar refractivity (Wildman–Crippen MR) is 92.5 cm³/mol. The number of rotatable bonds is 6. The number of hydrogen-bond donors (Lipinski definition) is 2. The van der Waals surface area contributed by atoms with Gasteiger partial charge in [0.2, 0.25) is 5.91 Å². The summed E-state index contributed by atoms with van der Waals surface area (Å²) in [5.41, 5.74) is 6.99. The van der Waals surface area contributed by atoms with Crippen LogP contribution >= 0.6 is 24.8 Å². The Hall–Kier alpha value is -1.56. The first-order valence-corrected chi connectivity index (χ1v) is 6.72. The fraction of sp³-hybridized carbons (Fsp3) is 0.333. The maximum absolute atomic E-state index is 11.8. The van der Waals surface area contributed by atoms with Crippen molar-refractivity contribution in [2.45, 2.75) is 25.9 Å². The van der Waals surface area contributed by atoms with E-state index in [1.54, 1.807) is 6.20 Å². The Balaban J connectivity index is 0.00000220. The summed E-state index contributed by atoms with van der Waals surface area (Å²) in [6, 6.07) is 9.40. The van der Waals surface area contributed by atoms with E-state index in [0.717, 1.165) is 17.9 Å². The van der Waals surface area contributed by atoms with Crippen molar-refractivity contribution in [3.05, 3.63) is 54.1 Å². The summed E-state index contributed by atoms with van der Waals surface area (Å²) in [6.45, 7) is 3.24. The van der Waals surface area contributed by atoms with Crippen LogP contribution in [0.4, 0.5) is 0 Å². The minimum absolute atomic E-state index is 0. The zero-order chi connectivity index (χ0) is 14.4. The lowest BCUT2D eigenvalue weighted by atomic mass is 10.0. The van der Waals surface area contributed by atoms with E-state index >= 15 is 0 Å². The molecule has 22 heavy (non-hydrogen) atoms. The Labute approximate surface area is 143 Å². The van der Waals surface area contributed by atoms with Crippen molar-refractivity contribution in [3.63, 3.8) is 0 Å². The quantitative estimate of drug-likeness (QED) is 0.843. The first-order valence-electron chi connectivity index (χ1n) is 6.72. The summed E-state index contributed by atoms with van der Waals surface area (Å²) in [5, 5.41) is 2.88. The van der Waals surface area contributed by atoms with Crippen molar-refractivity contribution in [2.75, 3.05) is 6.54 Å². The molecule has 0 saturated heterocycles. The molecule has 1 unspecified atom stereocenters. The van der Waals surface area contributed by atoms with Gasteiger partial charge >= 0.3 is 0 Å². The number of aryl methyl sites for hydroxylation is 1. The summed E-state index contributed by atoms with van der Waals surface area (Å²) in [7, 11) is 0. The molecular formula is C15H22Cl2N4O. The number of amides is 1. The summed E-state index contributed by atoms with van der Waals surface area (Å²) >= 11 is 0. The van der Waals surface area contributed by atoms with Crippen LogP contribution in [0, 0.1) is 6.92 Å². The molecule has 0 aliphatic heterocycles. The summed E-state index contributed by atoms with van der Waals surface area (Å²) in [4.78, 5) is 16.0. The van der Waals surface area contributed by atoms with E-state index in [4.69, 9.17) is 5.73 Å². The number of carbonyl (C=O) groups is 1. The molecule has 1 heterocycles. The van der Waals surface area contributed by atoms with Gasteiger partial charge in [0.05, 0.1) is 0 Å². The number of halogens is 2. The summed E-state index contributed by atoms with van der Waals surface area (Å²) < 4.78 is 2.00. The highest BCUT2D eigenvalue weighted by molar-refractivity contribution is 5.85. The molecule has 0 aliphatic rings. The third-order valence-electron chi connectivity index (χ3n) is 3.23. The van der Waals surface area contributed by atoms with Crippen LogP contribution in [0.5, 0.6) is 0 Å². The lowest BCUT2D eigenvalue weighted by Crippen LogP contribution is -2.30. The number of nitrogens with zero attached hydrogens (tertiary/aromatic N) is 2. The molecule has 1 aromatic heterocycles. The number of nitrogens with two attached hydrogens (primary N) is 1. The molecule has 0 spiro atoms.